The van der Waals surface area contributed by atoms with E-state index in [0.717, 1.165) is 5.69 Å². The van der Waals surface area contributed by atoms with Gasteiger partial charge in [0.05, 0.1) is 11.7 Å². The van der Waals surface area contributed by atoms with E-state index in [1.165, 1.54) is 0 Å². The largest absolute Gasteiger partial charge is 0.358 e. The van der Waals surface area contributed by atoms with Crippen LogP contribution in [-0.2, 0) is 11.3 Å². The van der Waals surface area contributed by atoms with Crippen molar-refractivity contribution in [3.05, 3.63) is 30.1 Å². The lowest BCUT2D eigenvalue weighted by molar-refractivity contribution is -0.122. The molecule has 0 aromatic carbocycles. The third-order valence-electron chi connectivity index (χ3n) is 1.96. The quantitative estimate of drug-likeness (QED) is 0.723. The fraction of sp³-hybridized carbons (Fsp3) is 0.400. The van der Waals surface area contributed by atoms with Crippen molar-refractivity contribution >= 4 is 5.91 Å². The second-order valence-electron chi connectivity index (χ2n) is 3.04. The molecule has 0 bridgehead atoms. The van der Waals surface area contributed by atoms with E-state index in [1.807, 2.05) is 25.1 Å². The van der Waals surface area contributed by atoms with Crippen LogP contribution in [0.1, 0.15) is 12.6 Å². The normalized spacial score (nSPS) is 12.1. The summed E-state index contributed by atoms with van der Waals surface area (Å²) in [4.78, 5) is 15.3. The van der Waals surface area contributed by atoms with E-state index in [0.29, 0.717) is 6.54 Å². The Morgan fingerprint density at radius 3 is 2.93 bits per heavy atom. The standard InChI is InChI=1S/C10H15N3O/c1-8(10(14)11-2)13-7-9-5-3-4-6-12-9/h3-6,8,13H,7H2,1-2H3,(H,11,14). The van der Waals surface area contributed by atoms with Gasteiger partial charge in [-0.05, 0) is 19.1 Å². The lowest BCUT2D eigenvalue weighted by Crippen LogP contribution is -2.40. The summed E-state index contributed by atoms with van der Waals surface area (Å²) in [6.07, 6.45) is 1.74. The van der Waals surface area contributed by atoms with Gasteiger partial charge in [0, 0.05) is 19.8 Å². The highest BCUT2D eigenvalue weighted by molar-refractivity contribution is 5.80. The number of rotatable bonds is 4. The number of pyridine rings is 1. The van der Waals surface area contributed by atoms with Gasteiger partial charge in [0.1, 0.15) is 0 Å². The van der Waals surface area contributed by atoms with Gasteiger partial charge in [-0.1, -0.05) is 6.07 Å². The number of hydrogen-bond acceptors (Lipinski definition) is 3. The minimum Gasteiger partial charge on any atom is -0.358 e. The van der Waals surface area contributed by atoms with Gasteiger partial charge in [-0.2, -0.15) is 0 Å². The van der Waals surface area contributed by atoms with E-state index < -0.39 is 0 Å². The molecule has 1 aromatic rings. The number of nitrogens with one attached hydrogen (secondary N) is 2. The van der Waals surface area contributed by atoms with E-state index in [-0.39, 0.29) is 11.9 Å². The van der Waals surface area contributed by atoms with Gasteiger partial charge in [0.25, 0.3) is 0 Å². The van der Waals surface area contributed by atoms with Gasteiger partial charge >= 0.3 is 0 Å². The molecule has 0 saturated heterocycles. The third kappa shape index (κ3) is 3.14. The lowest BCUT2D eigenvalue weighted by Gasteiger charge is -2.11. The SMILES string of the molecule is CNC(=O)C(C)NCc1ccccn1. The van der Waals surface area contributed by atoms with Crippen molar-refractivity contribution in [1.29, 1.82) is 0 Å². The van der Waals surface area contributed by atoms with Crippen molar-refractivity contribution in [3.63, 3.8) is 0 Å². The van der Waals surface area contributed by atoms with Gasteiger partial charge in [-0.15, -0.1) is 0 Å². The Balaban J connectivity index is 2.38. The number of nitrogens with zero attached hydrogens (tertiary/aromatic N) is 1. The maximum Gasteiger partial charge on any atom is 0.236 e. The Bertz CT molecular complexity index is 287. The van der Waals surface area contributed by atoms with Crippen LogP contribution in [0.3, 0.4) is 0 Å². The molecular weight excluding hydrogens is 178 g/mol. The molecule has 4 nitrogen and oxygen atoms in total. The summed E-state index contributed by atoms with van der Waals surface area (Å²) in [6, 6.07) is 5.52. The van der Waals surface area contributed by atoms with Crippen molar-refractivity contribution in [3.8, 4) is 0 Å². The van der Waals surface area contributed by atoms with Crippen LogP contribution in [-0.4, -0.2) is 24.0 Å². The molecule has 4 heteroatoms. The van der Waals surface area contributed by atoms with Crippen LogP contribution >= 0.6 is 0 Å². The van der Waals surface area contributed by atoms with Crippen molar-refractivity contribution < 1.29 is 4.79 Å². The van der Waals surface area contributed by atoms with E-state index in [9.17, 15) is 4.79 Å². The van der Waals surface area contributed by atoms with Crippen LogP contribution < -0.4 is 10.6 Å². The number of likely N-dealkylation sites (N-methyl/N-ethyl adjacent to an activating group) is 1. The minimum atomic E-state index is -0.193. The molecule has 1 heterocycles. The van der Waals surface area contributed by atoms with E-state index in [4.69, 9.17) is 0 Å². The van der Waals surface area contributed by atoms with Crippen LogP contribution in [0.2, 0.25) is 0 Å². The number of aromatic nitrogens is 1. The van der Waals surface area contributed by atoms with Gasteiger partial charge in [-0.25, -0.2) is 0 Å². The highest BCUT2D eigenvalue weighted by Gasteiger charge is 2.09. The molecule has 0 aliphatic carbocycles. The summed E-state index contributed by atoms with van der Waals surface area (Å²) in [7, 11) is 1.63. The smallest absolute Gasteiger partial charge is 0.236 e. The van der Waals surface area contributed by atoms with Crippen molar-refractivity contribution in [1.82, 2.24) is 15.6 Å². The van der Waals surface area contributed by atoms with Crippen LogP contribution in [0, 0.1) is 0 Å². The number of hydrogen-bond donors (Lipinski definition) is 2. The second kappa shape index (κ2) is 5.34. The summed E-state index contributed by atoms with van der Waals surface area (Å²) in [5, 5.41) is 5.65. The summed E-state index contributed by atoms with van der Waals surface area (Å²) < 4.78 is 0. The molecule has 1 rings (SSSR count). The highest BCUT2D eigenvalue weighted by atomic mass is 16.2. The van der Waals surface area contributed by atoms with E-state index in [2.05, 4.69) is 15.6 Å². The Morgan fingerprint density at radius 1 is 1.57 bits per heavy atom. The summed E-state index contributed by atoms with van der Waals surface area (Å²) in [6.45, 7) is 2.43. The molecule has 0 fully saturated rings. The number of carbonyl (C=O) groups excluding carboxylic acids is 1. The Hall–Kier alpha value is -1.42. The number of carbonyl (C=O) groups is 1. The van der Waals surface area contributed by atoms with Gasteiger partial charge in [0.2, 0.25) is 5.91 Å². The summed E-state index contributed by atoms with van der Waals surface area (Å²) >= 11 is 0. The molecule has 0 spiro atoms. The van der Waals surface area contributed by atoms with Crippen molar-refractivity contribution in [2.45, 2.75) is 19.5 Å². The topological polar surface area (TPSA) is 54.0 Å². The molecule has 14 heavy (non-hydrogen) atoms. The Labute approximate surface area is 83.7 Å². The first kappa shape index (κ1) is 10.7. The average Bonchev–Trinajstić information content (AvgIpc) is 2.26. The molecule has 0 aliphatic heterocycles. The monoisotopic (exact) mass is 193 g/mol. The maximum absolute atomic E-state index is 11.1. The zero-order chi connectivity index (χ0) is 10.4. The molecule has 2 N–H and O–H groups in total. The summed E-state index contributed by atoms with van der Waals surface area (Å²) in [5.41, 5.74) is 0.934. The van der Waals surface area contributed by atoms with Crippen molar-refractivity contribution in [2.75, 3.05) is 7.05 Å². The maximum atomic E-state index is 11.1. The molecule has 1 aromatic heterocycles. The molecule has 1 atom stereocenters. The molecule has 1 amide bonds. The van der Waals surface area contributed by atoms with Crippen LogP contribution in [0.25, 0.3) is 0 Å². The van der Waals surface area contributed by atoms with Crippen LogP contribution in [0.4, 0.5) is 0 Å². The minimum absolute atomic E-state index is 0.0130. The summed E-state index contributed by atoms with van der Waals surface area (Å²) in [5.74, 6) is -0.0130. The van der Waals surface area contributed by atoms with E-state index in [1.54, 1.807) is 13.2 Å². The van der Waals surface area contributed by atoms with Crippen molar-refractivity contribution in [2.24, 2.45) is 0 Å². The van der Waals surface area contributed by atoms with E-state index >= 15 is 0 Å². The molecule has 76 valence electrons. The molecule has 0 aliphatic rings. The predicted octanol–water partition coefficient (Wildman–Crippen LogP) is 0.306. The Morgan fingerprint density at radius 2 is 2.36 bits per heavy atom. The first-order chi connectivity index (χ1) is 6.74. The zero-order valence-corrected chi connectivity index (χ0v) is 8.45. The number of amides is 1. The Kier molecular flexibility index (Phi) is 4.07. The van der Waals surface area contributed by atoms with Crippen LogP contribution in [0.5, 0.6) is 0 Å². The lowest BCUT2D eigenvalue weighted by atomic mass is 10.3. The highest BCUT2D eigenvalue weighted by Crippen LogP contribution is 1.93. The second-order valence-corrected chi connectivity index (χ2v) is 3.04. The molecular formula is C10H15N3O. The molecule has 0 saturated carbocycles. The zero-order valence-electron chi connectivity index (χ0n) is 8.45. The molecule has 1 unspecified atom stereocenters. The van der Waals surface area contributed by atoms with Gasteiger partial charge in [-0.3, -0.25) is 9.78 Å². The predicted molar refractivity (Wildman–Crippen MR) is 54.6 cm³/mol. The van der Waals surface area contributed by atoms with Gasteiger partial charge < -0.3 is 10.6 Å². The fourth-order valence-corrected chi connectivity index (χ4v) is 1.07. The third-order valence-corrected chi connectivity index (χ3v) is 1.96. The average molecular weight is 193 g/mol. The molecule has 0 radical (unpaired) electrons. The van der Waals surface area contributed by atoms with Gasteiger partial charge in [0.15, 0.2) is 0 Å². The fourth-order valence-electron chi connectivity index (χ4n) is 1.07. The van der Waals surface area contributed by atoms with Crippen LogP contribution in [0.15, 0.2) is 24.4 Å². The first-order valence-corrected chi connectivity index (χ1v) is 4.59. The first-order valence-electron chi connectivity index (χ1n) is 4.59.